The molecule has 5 nitrogen and oxygen atoms in total. The molecule has 0 aliphatic rings. The summed E-state index contributed by atoms with van der Waals surface area (Å²) in [6, 6.07) is 6.36. The van der Waals surface area contributed by atoms with E-state index >= 15 is 0 Å². The number of hydrogen-bond donors (Lipinski definition) is 1. The quantitative estimate of drug-likeness (QED) is 0.630. The molecule has 2 heterocycles. The largest absolute Gasteiger partial charge is 0.435 e. The smallest absolute Gasteiger partial charge is 0.324 e. The maximum atomic E-state index is 12.9. The van der Waals surface area contributed by atoms with Crippen LogP contribution in [0.3, 0.4) is 0 Å². The Bertz CT molecular complexity index is 1010. The fourth-order valence-electron chi connectivity index (χ4n) is 2.58. The highest BCUT2D eigenvalue weighted by molar-refractivity contribution is 5.69. The number of anilines is 2. The highest BCUT2D eigenvalue weighted by Gasteiger charge is 2.35. The van der Waals surface area contributed by atoms with Crippen molar-refractivity contribution >= 4 is 11.6 Å². The maximum Gasteiger partial charge on any atom is 0.435 e. The van der Waals surface area contributed by atoms with Crippen molar-refractivity contribution in [2.75, 3.05) is 5.32 Å². The predicted molar refractivity (Wildman–Crippen MR) is 88.7 cm³/mol. The molecule has 0 aliphatic heterocycles. The van der Waals surface area contributed by atoms with Crippen LogP contribution in [0.1, 0.15) is 17.0 Å². The second-order valence-electron chi connectivity index (χ2n) is 6.01. The van der Waals surface area contributed by atoms with Crippen molar-refractivity contribution in [2.45, 2.75) is 19.3 Å². The van der Waals surface area contributed by atoms with Gasteiger partial charge in [0.15, 0.2) is 5.69 Å². The number of halogens is 6. The number of alkyl halides is 6. The molecule has 28 heavy (non-hydrogen) atoms. The number of nitrogens with one attached hydrogen (secondary N) is 1. The van der Waals surface area contributed by atoms with Crippen molar-refractivity contribution in [3.8, 4) is 11.3 Å². The zero-order valence-electron chi connectivity index (χ0n) is 14.5. The van der Waals surface area contributed by atoms with E-state index in [0.717, 1.165) is 23.0 Å². The number of benzene rings is 1. The zero-order chi connectivity index (χ0) is 20.7. The van der Waals surface area contributed by atoms with Crippen LogP contribution in [0.25, 0.3) is 11.3 Å². The number of aromatic nitrogens is 4. The molecule has 0 fully saturated rings. The molecule has 3 rings (SSSR count). The molecule has 1 N–H and O–H groups in total. The molecule has 0 saturated heterocycles. The van der Waals surface area contributed by atoms with Crippen molar-refractivity contribution < 1.29 is 26.3 Å². The van der Waals surface area contributed by atoms with Gasteiger partial charge in [-0.15, -0.1) is 0 Å². The van der Waals surface area contributed by atoms with Crippen molar-refractivity contribution in [1.29, 1.82) is 0 Å². The summed E-state index contributed by atoms with van der Waals surface area (Å²) in [4.78, 5) is 7.16. The Labute approximate surface area is 155 Å². The van der Waals surface area contributed by atoms with Crippen LogP contribution in [-0.4, -0.2) is 19.7 Å². The second-order valence-corrected chi connectivity index (χ2v) is 6.01. The lowest BCUT2D eigenvalue weighted by Crippen LogP contribution is -2.10. The number of rotatable bonds is 3. The normalized spacial score (nSPS) is 12.3. The molecule has 0 saturated carbocycles. The lowest BCUT2D eigenvalue weighted by atomic mass is 10.1. The molecule has 0 amide bonds. The van der Waals surface area contributed by atoms with Gasteiger partial charge in [0, 0.05) is 24.5 Å². The van der Waals surface area contributed by atoms with E-state index in [4.69, 9.17) is 0 Å². The van der Waals surface area contributed by atoms with Gasteiger partial charge in [0.25, 0.3) is 0 Å². The van der Waals surface area contributed by atoms with Gasteiger partial charge in [-0.25, -0.2) is 9.97 Å². The second kappa shape index (κ2) is 6.80. The Morgan fingerprint density at radius 3 is 2.21 bits per heavy atom. The summed E-state index contributed by atoms with van der Waals surface area (Å²) >= 11 is 0. The van der Waals surface area contributed by atoms with Gasteiger partial charge >= 0.3 is 12.4 Å². The summed E-state index contributed by atoms with van der Waals surface area (Å²) in [5.74, 6) is -0.285. The third-order valence-corrected chi connectivity index (χ3v) is 3.75. The summed E-state index contributed by atoms with van der Waals surface area (Å²) in [6.07, 6.45) is -8.25. The first-order valence-corrected chi connectivity index (χ1v) is 7.84. The Morgan fingerprint density at radius 1 is 0.929 bits per heavy atom. The third-order valence-electron chi connectivity index (χ3n) is 3.75. The summed E-state index contributed by atoms with van der Waals surface area (Å²) in [5.41, 5.74) is -0.559. The highest BCUT2D eigenvalue weighted by atomic mass is 19.4. The first-order valence-electron chi connectivity index (χ1n) is 7.84. The van der Waals surface area contributed by atoms with Gasteiger partial charge in [0.1, 0.15) is 5.69 Å². The fraction of sp³-hybridized carbons (Fsp3) is 0.235. The van der Waals surface area contributed by atoms with Gasteiger partial charge in [0.2, 0.25) is 5.95 Å². The lowest BCUT2D eigenvalue weighted by molar-refractivity contribution is -0.142. The van der Waals surface area contributed by atoms with Gasteiger partial charge in [-0.05, 0) is 42.8 Å². The summed E-state index contributed by atoms with van der Waals surface area (Å²) in [5, 5.41) is 6.11. The van der Waals surface area contributed by atoms with Gasteiger partial charge in [-0.3, -0.25) is 4.68 Å². The Kier molecular flexibility index (Phi) is 4.77. The molecular formula is C17H13F6N5. The molecular weight excluding hydrogens is 388 g/mol. The summed E-state index contributed by atoms with van der Waals surface area (Å²) in [6.45, 7) is 1.70. The number of nitrogens with zero attached hydrogens (tertiary/aromatic N) is 4. The molecule has 0 radical (unpaired) electrons. The minimum Gasteiger partial charge on any atom is -0.324 e. The number of hydrogen-bond acceptors (Lipinski definition) is 4. The average molecular weight is 401 g/mol. The molecule has 0 unspecified atom stereocenters. The molecule has 0 bridgehead atoms. The Balaban J connectivity index is 1.96. The van der Waals surface area contributed by atoms with E-state index in [1.165, 1.54) is 13.1 Å². The summed E-state index contributed by atoms with van der Waals surface area (Å²) < 4.78 is 78.1. The van der Waals surface area contributed by atoms with Crippen molar-refractivity contribution in [3.63, 3.8) is 0 Å². The molecule has 1 aromatic carbocycles. The van der Waals surface area contributed by atoms with Crippen LogP contribution in [0.2, 0.25) is 0 Å². The topological polar surface area (TPSA) is 55.6 Å². The molecule has 11 heteroatoms. The molecule has 0 atom stereocenters. The van der Waals surface area contributed by atoms with Crippen LogP contribution in [-0.2, 0) is 19.4 Å². The van der Waals surface area contributed by atoms with Crippen molar-refractivity contribution in [3.05, 3.63) is 53.5 Å². The minimum atomic E-state index is -4.63. The van der Waals surface area contributed by atoms with E-state index in [2.05, 4.69) is 20.4 Å². The van der Waals surface area contributed by atoms with Crippen LogP contribution in [0, 0.1) is 6.92 Å². The van der Waals surface area contributed by atoms with E-state index < -0.39 is 23.7 Å². The van der Waals surface area contributed by atoms with E-state index in [1.54, 1.807) is 19.1 Å². The Hall–Kier alpha value is -3.11. The monoisotopic (exact) mass is 401 g/mol. The number of aryl methyl sites for hydroxylation is 2. The van der Waals surface area contributed by atoms with Crippen molar-refractivity contribution in [2.24, 2.45) is 7.05 Å². The van der Waals surface area contributed by atoms with Crippen LogP contribution >= 0.6 is 0 Å². The van der Waals surface area contributed by atoms with Crippen LogP contribution in [0.15, 0.2) is 36.5 Å². The predicted octanol–water partition coefficient (Wildman–Crippen LogP) is 4.97. The van der Waals surface area contributed by atoms with Gasteiger partial charge in [-0.2, -0.15) is 31.4 Å². The zero-order valence-corrected chi connectivity index (χ0v) is 14.5. The van der Waals surface area contributed by atoms with E-state index in [-0.39, 0.29) is 11.6 Å². The Morgan fingerprint density at radius 2 is 1.61 bits per heavy atom. The van der Waals surface area contributed by atoms with Gasteiger partial charge in [0.05, 0.1) is 5.69 Å². The van der Waals surface area contributed by atoms with Crippen LogP contribution in [0.5, 0.6) is 0 Å². The third kappa shape index (κ3) is 4.24. The summed E-state index contributed by atoms with van der Waals surface area (Å²) in [7, 11) is 1.37. The van der Waals surface area contributed by atoms with Crippen molar-refractivity contribution in [1.82, 2.24) is 19.7 Å². The maximum absolute atomic E-state index is 12.9. The fourth-order valence-corrected chi connectivity index (χ4v) is 2.58. The molecule has 3 aromatic rings. The van der Waals surface area contributed by atoms with E-state index in [9.17, 15) is 26.3 Å². The molecule has 148 valence electrons. The van der Waals surface area contributed by atoms with Gasteiger partial charge in [-0.1, -0.05) is 0 Å². The molecule has 0 spiro atoms. The standard InChI is InChI=1S/C17H13F6N5/c1-9-5-10(12-8-14(17(21,22)23)27-28(12)2)7-11(6-9)25-15-24-4-3-13(26-15)16(18,19)20/h3-8H,1-2H3,(H,24,25,26). The van der Waals surface area contributed by atoms with Crippen LogP contribution < -0.4 is 5.32 Å². The first-order chi connectivity index (χ1) is 12.9. The van der Waals surface area contributed by atoms with Gasteiger partial charge < -0.3 is 5.32 Å². The lowest BCUT2D eigenvalue weighted by Gasteiger charge is -2.11. The highest BCUT2D eigenvalue weighted by Crippen LogP contribution is 2.33. The minimum absolute atomic E-state index is 0.198. The average Bonchev–Trinajstić information content (AvgIpc) is 2.96. The molecule has 0 aliphatic carbocycles. The van der Waals surface area contributed by atoms with Crippen LogP contribution in [0.4, 0.5) is 38.0 Å². The molecule has 2 aromatic heterocycles. The van der Waals surface area contributed by atoms with E-state index in [0.29, 0.717) is 16.8 Å². The SMILES string of the molecule is Cc1cc(Nc2nccc(C(F)(F)F)n2)cc(-c2cc(C(F)(F)F)nn2C)c1. The first kappa shape index (κ1) is 19.6. The van der Waals surface area contributed by atoms with E-state index in [1.807, 2.05) is 0 Å².